The number of nitrogens with zero attached hydrogens (tertiary/aromatic N) is 1. The first-order chi connectivity index (χ1) is 9.47. The van der Waals surface area contributed by atoms with Gasteiger partial charge in [-0.05, 0) is 25.3 Å². The van der Waals surface area contributed by atoms with Crippen LogP contribution in [-0.2, 0) is 4.79 Å². The van der Waals surface area contributed by atoms with Gasteiger partial charge in [0.25, 0.3) is 0 Å². The van der Waals surface area contributed by atoms with E-state index >= 15 is 0 Å². The van der Waals surface area contributed by atoms with Gasteiger partial charge in [-0.1, -0.05) is 34.1 Å². The van der Waals surface area contributed by atoms with E-state index < -0.39 is 0 Å². The van der Waals surface area contributed by atoms with Gasteiger partial charge in [0.2, 0.25) is 5.91 Å². The zero-order valence-corrected chi connectivity index (χ0v) is 13.7. The Balaban J connectivity index is 1.92. The monoisotopic (exact) mass is 283 g/mol. The minimum atomic E-state index is 0.232. The van der Waals surface area contributed by atoms with Crippen LogP contribution >= 0.6 is 0 Å². The highest BCUT2D eigenvalue weighted by atomic mass is 16.1. The van der Waals surface area contributed by atoms with Crippen molar-refractivity contribution in [2.24, 2.45) is 5.92 Å². The number of rotatable bonds is 10. The van der Waals surface area contributed by atoms with Crippen LogP contribution in [0, 0.1) is 5.92 Å². The number of carbonyl (C=O) groups excluding carboxylic acids is 1. The summed E-state index contributed by atoms with van der Waals surface area (Å²) >= 11 is 0. The Bertz CT molecular complexity index is 273. The van der Waals surface area contributed by atoms with Crippen LogP contribution in [0.5, 0.6) is 0 Å². The van der Waals surface area contributed by atoms with E-state index in [0.29, 0.717) is 24.4 Å². The molecule has 0 aliphatic carbocycles. The van der Waals surface area contributed by atoms with Crippen molar-refractivity contribution in [2.75, 3.05) is 26.2 Å². The van der Waals surface area contributed by atoms with Crippen LogP contribution in [0.3, 0.4) is 0 Å². The number of hydrogen-bond donors (Lipinski definition) is 2. The highest BCUT2D eigenvalue weighted by Crippen LogP contribution is 2.11. The fourth-order valence-corrected chi connectivity index (χ4v) is 2.60. The average Bonchev–Trinajstić information content (AvgIpc) is 2.30. The van der Waals surface area contributed by atoms with E-state index in [1.807, 2.05) is 0 Å². The molecule has 0 unspecified atom stereocenters. The van der Waals surface area contributed by atoms with E-state index in [-0.39, 0.29) is 5.91 Å². The third-order valence-electron chi connectivity index (χ3n) is 3.58. The maximum absolute atomic E-state index is 11.8. The molecule has 0 aromatic heterocycles. The van der Waals surface area contributed by atoms with Crippen molar-refractivity contribution in [1.29, 1.82) is 0 Å². The van der Waals surface area contributed by atoms with Gasteiger partial charge in [-0.15, -0.1) is 0 Å². The largest absolute Gasteiger partial charge is 0.351 e. The Kier molecular flexibility index (Phi) is 8.15. The first kappa shape index (κ1) is 17.4. The SMILES string of the molecule is CC(C)CN1CC(NC(=O)CCCCCNC(C)C)C1. The lowest BCUT2D eigenvalue weighted by Crippen LogP contribution is -2.59. The van der Waals surface area contributed by atoms with Crippen LogP contribution in [0.25, 0.3) is 0 Å². The summed E-state index contributed by atoms with van der Waals surface area (Å²) in [6.45, 7) is 13.1. The Labute approximate surface area is 124 Å². The van der Waals surface area contributed by atoms with Gasteiger partial charge >= 0.3 is 0 Å². The third kappa shape index (κ3) is 7.85. The van der Waals surface area contributed by atoms with Crippen LogP contribution in [0.2, 0.25) is 0 Å². The molecule has 2 N–H and O–H groups in total. The molecule has 1 aliphatic heterocycles. The predicted molar refractivity (Wildman–Crippen MR) is 84.8 cm³/mol. The lowest BCUT2D eigenvalue weighted by atomic mass is 10.1. The van der Waals surface area contributed by atoms with Gasteiger partial charge in [-0.3, -0.25) is 9.69 Å². The lowest BCUT2D eigenvalue weighted by Gasteiger charge is -2.40. The third-order valence-corrected chi connectivity index (χ3v) is 3.58. The quantitative estimate of drug-likeness (QED) is 0.603. The molecular weight excluding hydrogens is 250 g/mol. The Hall–Kier alpha value is -0.610. The van der Waals surface area contributed by atoms with Gasteiger partial charge in [0.1, 0.15) is 0 Å². The molecule has 1 fully saturated rings. The predicted octanol–water partition coefficient (Wildman–Crippen LogP) is 2.00. The second-order valence-electron chi connectivity index (χ2n) is 6.80. The molecule has 20 heavy (non-hydrogen) atoms. The summed E-state index contributed by atoms with van der Waals surface area (Å²) in [4.78, 5) is 14.2. The maximum atomic E-state index is 11.8. The molecule has 118 valence electrons. The molecule has 1 saturated heterocycles. The first-order valence-corrected chi connectivity index (χ1v) is 8.22. The molecule has 1 heterocycles. The number of hydrogen-bond acceptors (Lipinski definition) is 3. The van der Waals surface area contributed by atoms with Crippen LogP contribution in [0.1, 0.15) is 53.4 Å². The van der Waals surface area contributed by atoms with Crippen molar-refractivity contribution in [3.63, 3.8) is 0 Å². The zero-order chi connectivity index (χ0) is 15.0. The lowest BCUT2D eigenvalue weighted by molar-refractivity contribution is -0.123. The van der Waals surface area contributed by atoms with Crippen LogP contribution in [0.4, 0.5) is 0 Å². The first-order valence-electron chi connectivity index (χ1n) is 8.22. The summed E-state index contributed by atoms with van der Waals surface area (Å²) in [5.74, 6) is 0.946. The number of likely N-dealkylation sites (tertiary alicyclic amines) is 1. The van der Waals surface area contributed by atoms with Crippen molar-refractivity contribution in [2.45, 2.75) is 65.5 Å². The fraction of sp³-hybridized carbons (Fsp3) is 0.938. The van der Waals surface area contributed by atoms with Crippen LogP contribution < -0.4 is 10.6 Å². The normalized spacial score (nSPS) is 16.7. The molecule has 0 spiro atoms. The molecule has 0 aromatic rings. The van der Waals surface area contributed by atoms with Gasteiger partial charge in [-0.25, -0.2) is 0 Å². The minimum Gasteiger partial charge on any atom is -0.351 e. The van der Waals surface area contributed by atoms with E-state index in [1.165, 1.54) is 0 Å². The molecule has 0 saturated carbocycles. The molecule has 0 radical (unpaired) electrons. The average molecular weight is 283 g/mol. The summed E-state index contributed by atoms with van der Waals surface area (Å²) in [7, 11) is 0. The van der Waals surface area contributed by atoms with Crippen molar-refractivity contribution in [3.05, 3.63) is 0 Å². The topological polar surface area (TPSA) is 44.4 Å². The van der Waals surface area contributed by atoms with Crippen molar-refractivity contribution >= 4 is 5.91 Å². The Morgan fingerprint density at radius 3 is 2.45 bits per heavy atom. The second-order valence-corrected chi connectivity index (χ2v) is 6.80. The van der Waals surface area contributed by atoms with Crippen molar-refractivity contribution in [1.82, 2.24) is 15.5 Å². The van der Waals surface area contributed by atoms with Crippen molar-refractivity contribution in [3.8, 4) is 0 Å². The second kappa shape index (κ2) is 9.35. The number of carbonyl (C=O) groups is 1. The fourth-order valence-electron chi connectivity index (χ4n) is 2.60. The van der Waals surface area contributed by atoms with E-state index in [0.717, 1.165) is 45.4 Å². The van der Waals surface area contributed by atoms with Gasteiger partial charge in [0.05, 0.1) is 6.04 Å². The van der Waals surface area contributed by atoms with Gasteiger partial charge in [-0.2, -0.15) is 0 Å². The molecule has 0 bridgehead atoms. The Morgan fingerprint density at radius 2 is 1.85 bits per heavy atom. The summed E-state index contributed by atoms with van der Waals surface area (Å²) in [5.41, 5.74) is 0. The molecule has 4 nitrogen and oxygen atoms in total. The number of amides is 1. The number of nitrogens with one attached hydrogen (secondary N) is 2. The Morgan fingerprint density at radius 1 is 1.15 bits per heavy atom. The summed E-state index contributed by atoms with van der Waals surface area (Å²) in [5, 5.41) is 6.53. The molecular formula is C16H33N3O. The van der Waals surface area contributed by atoms with E-state index in [2.05, 4.69) is 43.2 Å². The van der Waals surface area contributed by atoms with Gasteiger partial charge in [0, 0.05) is 32.1 Å². The standard InChI is InChI=1S/C16H33N3O/c1-13(2)10-19-11-15(12-19)18-16(20)8-6-5-7-9-17-14(3)4/h13-15,17H,5-12H2,1-4H3,(H,18,20). The van der Waals surface area contributed by atoms with Crippen LogP contribution in [-0.4, -0.2) is 49.1 Å². The van der Waals surface area contributed by atoms with E-state index in [1.54, 1.807) is 0 Å². The molecule has 4 heteroatoms. The minimum absolute atomic E-state index is 0.232. The summed E-state index contributed by atoms with van der Waals surface area (Å²) in [6.07, 6.45) is 3.99. The summed E-state index contributed by atoms with van der Waals surface area (Å²) in [6, 6.07) is 0.953. The smallest absolute Gasteiger partial charge is 0.220 e. The van der Waals surface area contributed by atoms with Crippen molar-refractivity contribution < 1.29 is 4.79 Å². The number of unbranched alkanes of at least 4 members (excludes halogenated alkanes) is 2. The molecule has 0 aromatic carbocycles. The summed E-state index contributed by atoms with van der Waals surface area (Å²) < 4.78 is 0. The molecule has 1 amide bonds. The van der Waals surface area contributed by atoms with Gasteiger partial charge < -0.3 is 10.6 Å². The molecule has 0 atom stereocenters. The zero-order valence-electron chi connectivity index (χ0n) is 13.7. The molecule has 1 rings (SSSR count). The molecule has 1 aliphatic rings. The highest BCUT2D eigenvalue weighted by molar-refractivity contribution is 5.76. The highest BCUT2D eigenvalue weighted by Gasteiger charge is 2.27. The van der Waals surface area contributed by atoms with Crippen LogP contribution in [0.15, 0.2) is 0 Å². The van der Waals surface area contributed by atoms with E-state index in [4.69, 9.17) is 0 Å². The maximum Gasteiger partial charge on any atom is 0.220 e. The van der Waals surface area contributed by atoms with Gasteiger partial charge in [0.15, 0.2) is 0 Å². The van der Waals surface area contributed by atoms with E-state index in [9.17, 15) is 4.79 Å².